The number of esters is 1. The zero-order valence-corrected chi connectivity index (χ0v) is 22.9. The number of nitrogens with one attached hydrogen (secondary N) is 1. The van der Waals surface area contributed by atoms with Gasteiger partial charge in [-0.25, -0.2) is 4.79 Å². The molecule has 0 bridgehead atoms. The third-order valence-corrected chi connectivity index (χ3v) is 8.55. The maximum atomic E-state index is 12.8. The van der Waals surface area contributed by atoms with Crippen molar-refractivity contribution in [3.05, 3.63) is 51.7 Å². The number of thiophene rings is 1. The van der Waals surface area contributed by atoms with Crippen molar-refractivity contribution in [3.8, 4) is 5.75 Å². The quantitative estimate of drug-likeness (QED) is 0.300. The van der Waals surface area contributed by atoms with Gasteiger partial charge in [-0.05, 0) is 61.8 Å². The van der Waals surface area contributed by atoms with Crippen LogP contribution in [0.1, 0.15) is 65.5 Å². The fraction of sp³-hybridized carbons (Fsp3) is 0.462. The summed E-state index contributed by atoms with van der Waals surface area (Å²) in [5.74, 6) is 1.53. The molecule has 0 radical (unpaired) electrons. The predicted molar refractivity (Wildman–Crippen MR) is 142 cm³/mol. The highest BCUT2D eigenvalue weighted by Gasteiger charge is 2.29. The largest absolute Gasteiger partial charge is 0.483 e. The average Bonchev–Trinajstić information content (AvgIpc) is 3.41. The Morgan fingerprint density at radius 2 is 2.03 bits per heavy atom. The van der Waals surface area contributed by atoms with Crippen molar-refractivity contribution in [1.82, 2.24) is 14.8 Å². The molecule has 1 aliphatic carbocycles. The molecule has 1 amide bonds. The molecule has 4 rings (SSSR count). The van der Waals surface area contributed by atoms with Crippen LogP contribution in [0.25, 0.3) is 0 Å². The lowest BCUT2D eigenvalue weighted by molar-refractivity contribution is -0.113. The zero-order valence-electron chi connectivity index (χ0n) is 21.3. The summed E-state index contributed by atoms with van der Waals surface area (Å²) in [7, 11) is 3.23. The van der Waals surface area contributed by atoms with E-state index in [2.05, 4.69) is 41.5 Å². The molecule has 10 heteroatoms. The SMILES string of the molecule is CCc1ccc(OC(C)c2nnc(SCC(=O)Nc3sc4c(c3C(=O)OC)CCC(C)C4)n2C)cc1. The van der Waals surface area contributed by atoms with E-state index in [0.29, 0.717) is 27.5 Å². The van der Waals surface area contributed by atoms with E-state index in [1.807, 2.05) is 30.7 Å². The monoisotopic (exact) mass is 528 g/mol. The minimum Gasteiger partial charge on any atom is -0.483 e. The number of carbonyl (C=O) groups excluding carboxylic acids is 2. The number of nitrogens with zero attached hydrogens (tertiary/aromatic N) is 3. The minimum atomic E-state index is -0.402. The molecule has 1 N–H and O–H groups in total. The molecule has 2 aromatic heterocycles. The van der Waals surface area contributed by atoms with Gasteiger partial charge in [-0.1, -0.05) is 37.7 Å². The highest BCUT2D eigenvalue weighted by atomic mass is 32.2. The number of methoxy groups -OCH3 is 1. The van der Waals surface area contributed by atoms with Gasteiger partial charge in [0.15, 0.2) is 17.1 Å². The van der Waals surface area contributed by atoms with E-state index in [1.165, 1.54) is 35.8 Å². The van der Waals surface area contributed by atoms with Gasteiger partial charge in [0.05, 0.1) is 18.4 Å². The van der Waals surface area contributed by atoms with E-state index < -0.39 is 5.97 Å². The smallest absolute Gasteiger partial charge is 0.341 e. The molecule has 36 heavy (non-hydrogen) atoms. The number of benzene rings is 1. The van der Waals surface area contributed by atoms with Gasteiger partial charge in [-0.2, -0.15) is 0 Å². The number of aryl methyl sites for hydroxylation is 1. The summed E-state index contributed by atoms with van der Waals surface area (Å²) < 4.78 is 12.9. The van der Waals surface area contributed by atoms with Gasteiger partial charge in [-0.3, -0.25) is 4.79 Å². The molecule has 3 aromatic rings. The molecule has 192 valence electrons. The Kier molecular flexibility index (Phi) is 8.35. The van der Waals surface area contributed by atoms with Crippen LogP contribution in [0.4, 0.5) is 5.00 Å². The summed E-state index contributed by atoms with van der Waals surface area (Å²) in [6.45, 7) is 6.24. The summed E-state index contributed by atoms with van der Waals surface area (Å²) in [5.41, 5.74) is 2.77. The van der Waals surface area contributed by atoms with Crippen molar-refractivity contribution < 1.29 is 19.1 Å². The Morgan fingerprint density at radius 3 is 2.72 bits per heavy atom. The molecule has 2 heterocycles. The molecule has 0 aliphatic heterocycles. The van der Waals surface area contributed by atoms with Crippen LogP contribution in [0.15, 0.2) is 29.4 Å². The average molecular weight is 529 g/mol. The van der Waals surface area contributed by atoms with Gasteiger partial charge in [0.2, 0.25) is 5.91 Å². The molecule has 0 fully saturated rings. The van der Waals surface area contributed by atoms with Gasteiger partial charge in [0.1, 0.15) is 10.8 Å². The molecule has 0 saturated carbocycles. The van der Waals surface area contributed by atoms with E-state index in [-0.39, 0.29) is 17.8 Å². The molecule has 0 saturated heterocycles. The van der Waals surface area contributed by atoms with E-state index >= 15 is 0 Å². The molecule has 2 atom stereocenters. The molecule has 2 unspecified atom stereocenters. The first-order valence-electron chi connectivity index (χ1n) is 12.1. The highest BCUT2D eigenvalue weighted by molar-refractivity contribution is 7.99. The summed E-state index contributed by atoms with van der Waals surface area (Å²) in [6.07, 6.45) is 3.44. The number of rotatable bonds is 9. The molecule has 8 nitrogen and oxygen atoms in total. The van der Waals surface area contributed by atoms with Gasteiger partial charge in [-0.15, -0.1) is 21.5 Å². The van der Waals surface area contributed by atoms with Crippen molar-refractivity contribution in [2.45, 2.75) is 57.7 Å². The van der Waals surface area contributed by atoms with E-state index in [0.717, 1.165) is 41.9 Å². The van der Waals surface area contributed by atoms with Crippen molar-refractivity contribution >= 4 is 40.0 Å². The number of ether oxygens (including phenoxy) is 2. The van der Waals surface area contributed by atoms with E-state index in [9.17, 15) is 9.59 Å². The van der Waals surface area contributed by atoms with Crippen LogP contribution in [0.2, 0.25) is 0 Å². The van der Waals surface area contributed by atoms with Crippen LogP contribution in [0, 0.1) is 5.92 Å². The van der Waals surface area contributed by atoms with Crippen LogP contribution in [0.5, 0.6) is 5.75 Å². The number of fused-ring (bicyclic) bond motifs is 1. The summed E-state index contributed by atoms with van der Waals surface area (Å²) >= 11 is 2.77. The first-order valence-corrected chi connectivity index (χ1v) is 13.9. The number of thioether (sulfide) groups is 1. The second kappa shape index (κ2) is 11.5. The van der Waals surface area contributed by atoms with Crippen molar-refractivity contribution in [1.29, 1.82) is 0 Å². The Balaban J connectivity index is 1.39. The van der Waals surface area contributed by atoms with Crippen LogP contribution in [0.3, 0.4) is 0 Å². The number of aromatic nitrogens is 3. The fourth-order valence-corrected chi connectivity index (χ4v) is 6.45. The van der Waals surface area contributed by atoms with E-state index in [4.69, 9.17) is 9.47 Å². The van der Waals surface area contributed by atoms with Crippen molar-refractivity contribution in [2.24, 2.45) is 13.0 Å². The number of anilines is 1. The van der Waals surface area contributed by atoms with Gasteiger partial charge in [0.25, 0.3) is 0 Å². The number of amides is 1. The maximum absolute atomic E-state index is 12.8. The first kappa shape index (κ1) is 26.2. The third-order valence-electron chi connectivity index (χ3n) is 6.36. The van der Waals surface area contributed by atoms with Crippen molar-refractivity contribution in [2.75, 3.05) is 18.2 Å². The van der Waals surface area contributed by atoms with Crippen LogP contribution in [-0.2, 0) is 35.8 Å². The first-order chi connectivity index (χ1) is 17.3. The summed E-state index contributed by atoms with van der Waals surface area (Å²) in [4.78, 5) is 26.5. The molecule has 1 aliphatic rings. The number of hydrogen-bond donors (Lipinski definition) is 1. The third kappa shape index (κ3) is 5.75. The Morgan fingerprint density at radius 1 is 1.28 bits per heavy atom. The van der Waals surface area contributed by atoms with Gasteiger partial charge in [0, 0.05) is 11.9 Å². The standard InChI is InChI=1S/C26H32N4O4S2/c1-6-17-8-10-18(11-9-17)34-16(3)23-28-29-26(30(23)4)35-14-21(31)27-24-22(25(32)33-5)19-12-7-15(2)13-20(19)36-24/h8-11,15-16H,6-7,12-14H2,1-5H3,(H,27,31). The molecule has 1 aromatic carbocycles. The van der Waals surface area contributed by atoms with Gasteiger partial charge < -0.3 is 19.4 Å². The van der Waals surface area contributed by atoms with Crippen LogP contribution in [-0.4, -0.2) is 39.5 Å². The normalized spacial score (nSPS) is 15.8. The second-order valence-electron chi connectivity index (χ2n) is 9.04. The van der Waals surface area contributed by atoms with Crippen LogP contribution < -0.4 is 10.1 Å². The lowest BCUT2D eigenvalue weighted by atomic mass is 9.88. The Labute approximate surface area is 219 Å². The topological polar surface area (TPSA) is 95.3 Å². The molecular weight excluding hydrogens is 496 g/mol. The molecular formula is C26H32N4O4S2. The Bertz CT molecular complexity index is 1240. The van der Waals surface area contributed by atoms with Gasteiger partial charge >= 0.3 is 5.97 Å². The summed E-state index contributed by atoms with van der Waals surface area (Å²) in [6, 6.07) is 8.01. The second-order valence-corrected chi connectivity index (χ2v) is 11.1. The van der Waals surface area contributed by atoms with E-state index in [1.54, 1.807) is 0 Å². The number of carbonyl (C=O) groups is 2. The lowest BCUT2D eigenvalue weighted by Crippen LogP contribution is -2.17. The van der Waals surface area contributed by atoms with Crippen molar-refractivity contribution in [3.63, 3.8) is 0 Å². The van der Waals surface area contributed by atoms with Crippen LogP contribution >= 0.6 is 23.1 Å². The lowest BCUT2D eigenvalue weighted by Gasteiger charge is -2.18. The predicted octanol–water partition coefficient (Wildman–Crippen LogP) is 5.22. The fourth-order valence-electron chi connectivity index (χ4n) is 4.32. The number of hydrogen-bond acceptors (Lipinski definition) is 8. The highest BCUT2D eigenvalue weighted by Crippen LogP contribution is 2.40. The minimum absolute atomic E-state index is 0.138. The summed E-state index contributed by atoms with van der Waals surface area (Å²) in [5, 5.41) is 12.7. The Hall–Kier alpha value is -2.85. The maximum Gasteiger partial charge on any atom is 0.341 e. The molecule has 0 spiro atoms. The zero-order chi connectivity index (χ0) is 25.8.